The molecular formula is C30H25F3N4O3. The monoisotopic (exact) mass is 546 g/mol. The highest BCUT2D eigenvalue weighted by molar-refractivity contribution is 5.95. The zero-order valence-corrected chi connectivity index (χ0v) is 21.3. The van der Waals surface area contributed by atoms with Crippen molar-refractivity contribution in [2.45, 2.75) is 6.18 Å². The van der Waals surface area contributed by atoms with Gasteiger partial charge in [0.05, 0.1) is 11.3 Å². The molecule has 2 saturated heterocycles. The van der Waals surface area contributed by atoms with E-state index in [1.807, 2.05) is 35.2 Å². The van der Waals surface area contributed by atoms with E-state index in [-0.39, 0.29) is 40.6 Å². The van der Waals surface area contributed by atoms with Gasteiger partial charge in [-0.05, 0) is 48.5 Å². The first-order valence-electron chi connectivity index (χ1n) is 12.9. The molecule has 2 aliphatic heterocycles. The predicted molar refractivity (Wildman–Crippen MR) is 141 cm³/mol. The zero-order chi connectivity index (χ0) is 27.9. The molecule has 0 bridgehead atoms. The van der Waals surface area contributed by atoms with Gasteiger partial charge in [-0.25, -0.2) is 0 Å². The molecule has 40 heavy (non-hydrogen) atoms. The van der Waals surface area contributed by atoms with Crippen molar-refractivity contribution >= 4 is 11.8 Å². The van der Waals surface area contributed by atoms with Gasteiger partial charge in [0.25, 0.3) is 11.8 Å². The number of aromatic nitrogens is 2. The van der Waals surface area contributed by atoms with Crippen LogP contribution < -0.4 is 4.74 Å². The highest BCUT2D eigenvalue weighted by Crippen LogP contribution is 2.37. The smallest absolute Gasteiger partial charge is 0.417 e. The summed E-state index contributed by atoms with van der Waals surface area (Å²) in [4.78, 5) is 29.8. The Morgan fingerprint density at radius 3 is 2.00 bits per heavy atom. The molecule has 4 aromatic rings. The van der Waals surface area contributed by atoms with Gasteiger partial charge < -0.3 is 14.5 Å². The molecule has 3 aromatic carbocycles. The normalized spacial score (nSPS) is 18.6. The van der Waals surface area contributed by atoms with Crippen molar-refractivity contribution in [3.8, 4) is 22.8 Å². The molecule has 2 atom stereocenters. The summed E-state index contributed by atoms with van der Waals surface area (Å²) in [6.45, 7) is 1.99. The third-order valence-electron chi connectivity index (χ3n) is 7.46. The molecule has 3 heterocycles. The number of amides is 2. The molecule has 2 fully saturated rings. The van der Waals surface area contributed by atoms with Gasteiger partial charge in [0, 0.05) is 49.1 Å². The van der Waals surface area contributed by atoms with Crippen LogP contribution in [-0.4, -0.2) is 58.0 Å². The SMILES string of the molecule is O=C(c1ccc(Oc2ccccc2)cc1)N1C[C@@H]2CN(C(=O)c3cc(-c4ccccc4C(F)(F)F)n[nH]3)C[C@@H]2C1. The number of rotatable bonds is 5. The van der Waals surface area contributed by atoms with E-state index >= 15 is 0 Å². The van der Waals surface area contributed by atoms with Crippen LogP contribution in [0.2, 0.25) is 0 Å². The highest BCUT2D eigenvalue weighted by Gasteiger charge is 2.43. The number of halogens is 3. The summed E-state index contributed by atoms with van der Waals surface area (Å²) in [5, 5.41) is 6.60. The van der Waals surface area contributed by atoms with Crippen molar-refractivity contribution in [2.24, 2.45) is 11.8 Å². The predicted octanol–water partition coefficient (Wildman–Crippen LogP) is 5.73. The third-order valence-corrected chi connectivity index (χ3v) is 7.46. The summed E-state index contributed by atoms with van der Waals surface area (Å²) in [6.07, 6.45) is -4.53. The first-order chi connectivity index (χ1) is 19.3. The van der Waals surface area contributed by atoms with Crippen LogP contribution in [0.3, 0.4) is 0 Å². The van der Waals surface area contributed by atoms with E-state index in [4.69, 9.17) is 4.74 Å². The van der Waals surface area contributed by atoms with Crippen molar-refractivity contribution in [2.75, 3.05) is 26.2 Å². The first-order valence-corrected chi connectivity index (χ1v) is 12.9. The fourth-order valence-electron chi connectivity index (χ4n) is 5.49. The number of hydrogen-bond donors (Lipinski definition) is 1. The average molecular weight is 547 g/mol. The maximum Gasteiger partial charge on any atom is 0.417 e. The second kappa shape index (κ2) is 10.2. The lowest BCUT2D eigenvalue weighted by molar-refractivity contribution is -0.137. The van der Waals surface area contributed by atoms with Crippen molar-refractivity contribution in [3.63, 3.8) is 0 Å². The largest absolute Gasteiger partial charge is 0.457 e. The fourth-order valence-corrected chi connectivity index (χ4v) is 5.49. The molecule has 6 rings (SSSR count). The maximum absolute atomic E-state index is 13.4. The van der Waals surface area contributed by atoms with Gasteiger partial charge in [-0.15, -0.1) is 0 Å². The van der Waals surface area contributed by atoms with Crippen LogP contribution >= 0.6 is 0 Å². The minimum atomic E-state index is -4.53. The van der Waals surface area contributed by atoms with Gasteiger partial charge in [0.15, 0.2) is 0 Å². The molecule has 2 amide bonds. The number of ether oxygens (including phenoxy) is 1. The zero-order valence-electron chi connectivity index (χ0n) is 21.3. The summed E-state index contributed by atoms with van der Waals surface area (Å²) < 4.78 is 46.1. The van der Waals surface area contributed by atoms with E-state index < -0.39 is 11.7 Å². The van der Waals surface area contributed by atoms with Crippen LogP contribution in [0.15, 0.2) is 84.9 Å². The molecule has 10 heteroatoms. The third kappa shape index (κ3) is 5.04. The van der Waals surface area contributed by atoms with Crippen molar-refractivity contribution < 1.29 is 27.5 Å². The summed E-state index contributed by atoms with van der Waals surface area (Å²) >= 11 is 0. The van der Waals surface area contributed by atoms with E-state index in [2.05, 4.69) is 10.2 Å². The van der Waals surface area contributed by atoms with E-state index in [9.17, 15) is 22.8 Å². The number of nitrogens with one attached hydrogen (secondary N) is 1. The first kappa shape index (κ1) is 25.7. The van der Waals surface area contributed by atoms with Crippen LogP contribution in [-0.2, 0) is 6.18 Å². The molecule has 7 nitrogen and oxygen atoms in total. The van der Waals surface area contributed by atoms with Crippen LogP contribution in [0.5, 0.6) is 11.5 Å². The van der Waals surface area contributed by atoms with Gasteiger partial charge in [0.1, 0.15) is 17.2 Å². The number of alkyl halides is 3. The van der Waals surface area contributed by atoms with E-state index in [0.29, 0.717) is 43.2 Å². The average Bonchev–Trinajstić information content (AvgIpc) is 3.69. The lowest BCUT2D eigenvalue weighted by Gasteiger charge is -2.21. The fraction of sp³-hybridized carbons (Fsp3) is 0.233. The molecule has 0 radical (unpaired) electrons. The van der Waals surface area contributed by atoms with Crippen LogP contribution in [0.1, 0.15) is 26.4 Å². The summed E-state index contributed by atoms with van der Waals surface area (Å²) in [5.41, 5.74) is -0.125. The van der Waals surface area contributed by atoms with Crippen molar-refractivity contribution in [1.29, 1.82) is 0 Å². The molecule has 0 unspecified atom stereocenters. The van der Waals surface area contributed by atoms with E-state index in [1.54, 1.807) is 29.2 Å². The minimum absolute atomic E-state index is 0.0626. The summed E-state index contributed by atoms with van der Waals surface area (Å²) in [5.74, 6) is 1.22. The van der Waals surface area contributed by atoms with Crippen LogP contribution in [0.4, 0.5) is 13.2 Å². The Morgan fingerprint density at radius 2 is 1.35 bits per heavy atom. The number of para-hydroxylation sites is 1. The Labute approximate surface area is 228 Å². The quantitative estimate of drug-likeness (QED) is 0.347. The standard InChI is InChI=1S/C30H25F3N4O3/c31-30(32,33)25-9-5-4-8-24(25)26-14-27(35-34-26)29(39)37-17-20-15-36(16-21(20)18-37)28(38)19-10-12-23(13-11-19)40-22-6-2-1-3-7-22/h1-14,20-21H,15-18H2,(H,34,35)/t20-,21+. The molecule has 2 aliphatic rings. The van der Waals surface area contributed by atoms with Gasteiger partial charge in [0.2, 0.25) is 0 Å². The lowest BCUT2D eigenvalue weighted by Crippen LogP contribution is -2.35. The topological polar surface area (TPSA) is 78.5 Å². The number of H-pyrrole nitrogens is 1. The van der Waals surface area contributed by atoms with Crippen LogP contribution in [0, 0.1) is 11.8 Å². The van der Waals surface area contributed by atoms with E-state index in [0.717, 1.165) is 6.07 Å². The Morgan fingerprint density at radius 1 is 0.775 bits per heavy atom. The van der Waals surface area contributed by atoms with Crippen LogP contribution in [0.25, 0.3) is 11.3 Å². The van der Waals surface area contributed by atoms with Crippen molar-refractivity contribution in [1.82, 2.24) is 20.0 Å². The molecule has 0 aliphatic carbocycles. The number of nitrogens with zero attached hydrogens (tertiary/aromatic N) is 3. The Balaban J connectivity index is 1.07. The highest BCUT2D eigenvalue weighted by atomic mass is 19.4. The minimum Gasteiger partial charge on any atom is -0.457 e. The number of carbonyl (C=O) groups excluding carboxylic acids is 2. The molecule has 0 saturated carbocycles. The van der Waals surface area contributed by atoms with E-state index in [1.165, 1.54) is 24.3 Å². The maximum atomic E-state index is 13.4. The number of benzene rings is 3. The number of likely N-dealkylation sites (tertiary alicyclic amines) is 2. The molecule has 1 aromatic heterocycles. The number of aromatic amines is 1. The Hall–Kier alpha value is -4.60. The van der Waals surface area contributed by atoms with Gasteiger partial charge in [-0.1, -0.05) is 36.4 Å². The second-order valence-corrected chi connectivity index (χ2v) is 10.1. The molecule has 1 N–H and O–H groups in total. The number of hydrogen-bond acceptors (Lipinski definition) is 4. The van der Waals surface area contributed by atoms with Gasteiger partial charge >= 0.3 is 6.18 Å². The van der Waals surface area contributed by atoms with Crippen molar-refractivity contribution in [3.05, 3.63) is 102 Å². The van der Waals surface area contributed by atoms with Gasteiger partial charge in [-0.2, -0.15) is 18.3 Å². The second-order valence-electron chi connectivity index (χ2n) is 10.1. The Kier molecular flexibility index (Phi) is 6.53. The molecule has 204 valence electrons. The number of carbonyl (C=O) groups is 2. The number of fused-ring (bicyclic) bond motifs is 1. The summed E-state index contributed by atoms with van der Waals surface area (Å²) in [7, 11) is 0. The lowest BCUT2D eigenvalue weighted by atomic mass is 10.0. The Bertz CT molecular complexity index is 1520. The molecule has 0 spiro atoms. The van der Waals surface area contributed by atoms with Gasteiger partial charge in [-0.3, -0.25) is 14.7 Å². The summed E-state index contributed by atoms with van der Waals surface area (Å²) in [6, 6.07) is 22.9. The molecular weight excluding hydrogens is 521 g/mol.